The van der Waals surface area contributed by atoms with Crippen molar-refractivity contribution in [2.45, 2.75) is 32.2 Å². The normalized spacial score (nSPS) is 22.0. The molecular formula is C17H21N3O5S. The van der Waals surface area contributed by atoms with Crippen LogP contribution in [-0.2, 0) is 19.4 Å². The summed E-state index contributed by atoms with van der Waals surface area (Å²) in [6.45, 7) is 2.45. The molecule has 1 saturated heterocycles. The molecule has 1 N–H and O–H groups in total. The Morgan fingerprint density at radius 3 is 2.65 bits per heavy atom. The Balaban J connectivity index is 1.70. The van der Waals surface area contributed by atoms with E-state index in [-0.39, 0.29) is 36.0 Å². The van der Waals surface area contributed by atoms with E-state index in [4.69, 9.17) is 4.74 Å². The van der Waals surface area contributed by atoms with Crippen molar-refractivity contribution < 1.29 is 22.7 Å². The van der Waals surface area contributed by atoms with Crippen LogP contribution in [0.15, 0.2) is 29.4 Å². The maximum atomic E-state index is 12.4. The molecule has 0 radical (unpaired) electrons. The number of benzene rings is 1. The van der Waals surface area contributed by atoms with E-state index < -0.39 is 21.8 Å². The first-order valence-corrected chi connectivity index (χ1v) is 10.3. The summed E-state index contributed by atoms with van der Waals surface area (Å²) < 4.78 is 28.6. The average molecular weight is 379 g/mol. The summed E-state index contributed by atoms with van der Waals surface area (Å²) in [5.74, 6) is 0.0118. The number of anilines is 1. The molecule has 9 heteroatoms. The van der Waals surface area contributed by atoms with Crippen LogP contribution in [0.1, 0.15) is 26.2 Å². The lowest BCUT2D eigenvalue weighted by Crippen LogP contribution is -2.42. The minimum Gasteiger partial charge on any atom is -0.494 e. The highest BCUT2D eigenvalue weighted by molar-refractivity contribution is 7.91. The number of ether oxygens (including phenoxy) is 1. The van der Waals surface area contributed by atoms with Crippen molar-refractivity contribution >= 4 is 33.1 Å². The molecule has 2 amide bonds. The number of hydrogen-bond donors (Lipinski definition) is 1. The van der Waals surface area contributed by atoms with Crippen molar-refractivity contribution in [3.63, 3.8) is 0 Å². The molecule has 0 bridgehead atoms. The zero-order valence-corrected chi connectivity index (χ0v) is 15.3. The first-order valence-electron chi connectivity index (χ1n) is 8.52. The predicted molar refractivity (Wildman–Crippen MR) is 96.8 cm³/mol. The third-order valence-corrected chi connectivity index (χ3v) is 6.05. The van der Waals surface area contributed by atoms with E-state index in [1.54, 1.807) is 24.3 Å². The average Bonchev–Trinajstić information content (AvgIpc) is 2.97. The van der Waals surface area contributed by atoms with Crippen molar-refractivity contribution in [1.29, 1.82) is 0 Å². The van der Waals surface area contributed by atoms with Gasteiger partial charge in [-0.3, -0.25) is 9.59 Å². The lowest BCUT2D eigenvalue weighted by Gasteiger charge is -2.27. The van der Waals surface area contributed by atoms with Crippen LogP contribution >= 0.6 is 0 Å². The smallest absolute Gasteiger partial charge is 0.271 e. The molecule has 0 saturated carbocycles. The number of nitrogens with zero attached hydrogens (tertiary/aromatic N) is 2. The summed E-state index contributed by atoms with van der Waals surface area (Å²) in [4.78, 5) is 24.5. The first kappa shape index (κ1) is 18.4. The second kappa shape index (κ2) is 7.45. The zero-order valence-electron chi connectivity index (χ0n) is 14.5. The minimum atomic E-state index is -3.14. The van der Waals surface area contributed by atoms with E-state index in [0.29, 0.717) is 24.5 Å². The summed E-state index contributed by atoms with van der Waals surface area (Å²) >= 11 is 0. The molecule has 2 aliphatic rings. The van der Waals surface area contributed by atoms with Crippen LogP contribution in [0.25, 0.3) is 0 Å². The topological polar surface area (TPSA) is 105 Å². The van der Waals surface area contributed by atoms with Gasteiger partial charge in [0.25, 0.3) is 5.91 Å². The Labute approximate surface area is 152 Å². The molecular weight excluding hydrogens is 358 g/mol. The van der Waals surface area contributed by atoms with Gasteiger partial charge in [0.1, 0.15) is 11.5 Å². The standard InChI is InChI=1S/C17H21N3O5S/c1-2-25-14-5-3-12(4-6-14)18-17(22)15-7-8-16(21)20(19-15)13-9-10-26(23,24)11-13/h3-6,13H,2,7-11H2,1H3,(H,18,22)/t13-/m1/s1. The van der Waals surface area contributed by atoms with Crippen molar-refractivity contribution in [2.75, 3.05) is 23.4 Å². The van der Waals surface area contributed by atoms with Gasteiger partial charge in [0, 0.05) is 18.5 Å². The number of carbonyl (C=O) groups is 2. The molecule has 0 spiro atoms. The number of hydrogen-bond acceptors (Lipinski definition) is 6. The van der Waals surface area contributed by atoms with Gasteiger partial charge in [-0.1, -0.05) is 0 Å². The molecule has 0 aromatic heterocycles. The van der Waals surface area contributed by atoms with Gasteiger partial charge in [-0.25, -0.2) is 13.4 Å². The maximum Gasteiger partial charge on any atom is 0.271 e. The summed E-state index contributed by atoms with van der Waals surface area (Å²) in [6, 6.07) is 6.46. The van der Waals surface area contributed by atoms with E-state index in [0.717, 1.165) is 0 Å². The predicted octanol–water partition coefficient (Wildman–Crippen LogP) is 1.19. The zero-order chi connectivity index (χ0) is 18.7. The van der Waals surface area contributed by atoms with Crippen LogP contribution in [0.4, 0.5) is 5.69 Å². The van der Waals surface area contributed by atoms with Crippen LogP contribution in [0.5, 0.6) is 5.75 Å². The largest absolute Gasteiger partial charge is 0.494 e. The SMILES string of the molecule is CCOc1ccc(NC(=O)C2=NN([C@@H]3CCS(=O)(=O)C3)C(=O)CC2)cc1. The Kier molecular flexibility index (Phi) is 5.26. The van der Waals surface area contributed by atoms with Crippen molar-refractivity contribution in [3.05, 3.63) is 24.3 Å². The number of amides is 2. The molecule has 1 fully saturated rings. The summed E-state index contributed by atoms with van der Waals surface area (Å²) in [7, 11) is -3.14. The van der Waals surface area contributed by atoms with Crippen molar-refractivity contribution in [2.24, 2.45) is 5.10 Å². The lowest BCUT2D eigenvalue weighted by atomic mass is 10.1. The second-order valence-corrected chi connectivity index (χ2v) is 8.48. The van der Waals surface area contributed by atoms with E-state index >= 15 is 0 Å². The van der Waals surface area contributed by atoms with E-state index in [1.807, 2.05) is 6.92 Å². The molecule has 140 valence electrons. The molecule has 0 unspecified atom stereocenters. The Morgan fingerprint density at radius 1 is 1.31 bits per heavy atom. The number of carbonyl (C=O) groups excluding carboxylic acids is 2. The van der Waals surface area contributed by atoms with E-state index in [2.05, 4.69) is 10.4 Å². The van der Waals surface area contributed by atoms with Gasteiger partial charge in [0.05, 0.1) is 24.2 Å². The number of sulfone groups is 1. The third kappa shape index (κ3) is 4.21. The molecule has 26 heavy (non-hydrogen) atoms. The fourth-order valence-electron chi connectivity index (χ4n) is 2.99. The highest BCUT2D eigenvalue weighted by atomic mass is 32.2. The van der Waals surface area contributed by atoms with Gasteiger partial charge in [-0.2, -0.15) is 5.10 Å². The maximum absolute atomic E-state index is 12.4. The molecule has 1 aromatic carbocycles. The van der Waals surface area contributed by atoms with Crippen LogP contribution < -0.4 is 10.1 Å². The minimum absolute atomic E-state index is 0.0463. The van der Waals surface area contributed by atoms with Crippen LogP contribution in [0, 0.1) is 0 Å². The third-order valence-electron chi connectivity index (χ3n) is 4.30. The van der Waals surface area contributed by atoms with Gasteiger partial charge in [0.15, 0.2) is 9.84 Å². The summed E-state index contributed by atoms with van der Waals surface area (Å²) in [6.07, 6.45) is 0.731. The number of nitrogens with one attached hydrogen (secondary N) is 1. The van der Waals surface area contributed by atoms with Gasteiger partial charge in [-0.15, -0.1) is 0 Å². The van der Waals surface area contributed by atoms with Gasteiger partial charge in [0.2, 0.25) is 5.91 Å². The fraction of sp³-hybridized carbons (Fsp3) is 0.471. The molecule has 3 rings (SSSR count). The first-order chi connectivity index (χ1) is 12.4. The van der Waals surface area contributed by atoms with Crippen LogP contribution in [-0.4, -0.2) is 55.1 Å². The molecule has 1 aromatic rings. The molecule has 8 nitrogen and oxygen atoms in total. The lowest BCUT2D eigenvalue weighted by molar-refractivity contribution is -0.133. The van der Waals surface area contributed by atoms with Crippen molar-refractivity contribution in [1.82, 2.24) is 5.01 Å². The van der Waals surface area contributed by atoms with E-state index in [9.17, 15) is 18.0 Å². The van der Waals surface area contributed by atoms with Gasteiger partial charge >= 0.3 is 0 Å². The number of hydrazone groups is 1. The highest BCUT2D eigenvalue weighted by Crippen LogP contribution is 2.23. The van der Waals surface area contributed by atoms with Gasteiger partial charge < -0.3 is 10.1 Å². The Hall–Kier alpha value is -2.42. The number of rotatable bonds is 5. The van der Waals surface area contributed by atoms with Crippen molar-refractivity contribution in [3.8, 4) is 5.75 Å². The van der Waals surface area contributed by atoms with Crippen LogP contribution in [0.2, 0.25) is 0 Å². The highest BCUT2D eigenvalue weighted by Gasteiger charge is 2.37. The Bertz CT molecular complexity index is 832. The Morgan fingerprint density at radius 2 is 2.04 bits per heavy atom. The molecule has 2 heterocycles. The van der Waals surface area contributed by atoms with Crippen LogP contribution in [0.3, 0.4) is 0 Å². The molecule has 1 atom stereocenters. The quantitative estimate of drug-likeness (QED) is 0.827. The monoisotopic (exact) mass is 379 g/mol. The van der Waals surface area contributed by atoms with E-state index in [1.165, 1.54) is 5.01 Å². The second-order valence-electron chi connectivity index (χ2n) is 6.25. The molecule has 2 aliphatic heterocycles. The molecule has 0 aliphatic carbocycles. The summed E-state index contributed by atoms with van der Waals surface area (Å²) in [5, 5.41) is 8.08. The summed E-state index contributed by atoms with van der Waals surface area (Å²) in [5.41, 5.74) is 0.816. The van der Waals surface area contributed by atoms with Gasteiger partial charge in [-0.05, 0) is 37.6 Å². The fourth-order valence-corrected chi connectivity index (χ4v) is 4.68.